The van der Waals surface area contributed by atoms with Gasteiger partial charge in [-0.2, -0.15) is 0 Å². The van der Waals surface area contributed by atoms with Crippen molar-refractivity contribution < 1.29 is 18.7 Å². The third-order valence-corrected chi connectivity index (χ3v) is 2.83. The molecule has 18 heavy (non-hydrogen) atoms. The molecule has 0 heterocycles. The monoisotopic (exact) mass is 256 g/mol. The highest BCUT2D eigenvalue weighted by Crippen LogP contribution is 2.34. The second-order valence-corrected chi connectivity index (χ2v) is 5.43. The Kier molecular flexibility index (Phi) is 4.09. The van der Waals surface area contributed by atoms with Crippen LogP contribution in [0.1, 0.15) is 44.7 Å². The Morgan fingerprint density at radius 2 is 1.56 bits per heavy atom. The van der Waals surface area contributed by atoms with Crippen LogP contribution < -0.4 is 0 Å². The molecule has 1 aromatic rings. The van der Waals surface area contributed by atoms with E-state index in [0.29, 0.717) is 0 Å². The minimum atomic E-state index is -3.09. The van der Waals surface area contributed by atoms with Crippen molar-refractivity contribution in [3.63, 3.8) is 0 Å². The van der Waals surface area contributed by atoms with Gasteiger partial charge in [0.15, 0.2) is 0 Å². The quantitative estimate of drug-likeness (QED) is 0.885. The number of carboxylic acids is 1. The second-order valence-electron chi connectivity index (χ2n) is 5.43. The molecule has 0 bridgehead atoms. The summed E-state index contributed by atoms with van der Waals surface area (Å²) in [6.07, 6.45) is -1.20. The Morgan fingerprint density at radius 1 is 1.11 bits per heavy atom. The van der Waals surface area contributed by atoms with Crippen molar-refractivity contribution in [2.45, 2.75) is 45.0 Å². The third-order valence-electron chi connectivity index (χ3n) is 2.83. The van der Waals surface area contributed by atoms with Crippen LogP contribution in [0, 0.1) is 0 Å². The van der Waals surface area contributed by atoms with Gasteiger partial charge in [0.25, 0.3) is 5.92 Å². The lowest BCUT2D eigenvalue weighted by molar-refractivity contribution is -0.139. The van der Waals surface area contributed by atoms with Crippen molar-refractivity contribution in [2.24, 2.45) is 0 Å². The van der Waals surface area contributed by atoms with E-state index in [9.17, 15) is 13.6 Å². The first-order valence-electron chi connectivity index (χ1n) is 5.83. The van der Waals surface area contributed by atoms with Gasteiger partial charge in [0.2, 0.25) is 0 Å². The minimum absolute atomic E-state index is 0.0884. The number of hydrogen-bond donors (Lipinski definition) is 1. The van der Waals surface area contributed by atoms with Gasteiger partial charge in [-0.3, -0.25) is 4.79 Å². The molecule has 0 aliphatic heterocycles. The van der Waals surface area contributed by atoms with Crippen LogP contribution in [0.15, 0.2) is 24.3 Å². The largest absolute Gasteiger partial charge is 0.481 e. The molecule has 0 saturated carbocycles. The first-order valence-corrected chi connectivity index (χ1v) is 5.83. The number of halogens is 2. The highest BCUT2D eigenvalue weighted by Gasteiger charge is 2.32. The predicted octanol–water partition coefficient (Wildman–Crippen LogP) is 3.94. The summed E-state index contributed by atoms with van der Waals surface area (Å²) in [5.41, 5.74) is 0.756. The molecule has 1 aromatic carbocycles. The van der Waals surface area contributed by atoms with Crippen LogP contribution in [0.4, 0.5) is 8.78 Å². The lowest BCUT2D eigenvalue weighted by atomic mass is 9.86. The fraction of sp³-hybridized carbons (Fsp3) is 0.500. The average Bonchev–Trinajstić information content (AvgIpc) is 2.26. The molecule has 0 saturated heterocycles. The molecule has 0 aliphatic rings. The highest BCUT2D eigenvalue weighted by atomic mass is 19.3. The zero-order valence-electron chi connectivity index (χ0n) is 10.8. The first-order chi connectivity index (χ1) is 8.13. The van der Waals surface area contributed by atoms with Crippen LogP contribution in [0.2, 0.25) is 0 Å². The minimum Gasteiger partial charge on any atom is -0.481 e. The van der Waals surface area contributed by atoms with Crippen LogP contribution in [0.3, 0.4) is 0 Å². The molecule has 1 rings (SSSR count). The van der Waals surface area contributed by atoms with E-state index in [1.807, 2.05) is 20.8 Å². The fourth-order valence-electron chi connectivity index (χ4n) is 1.62. The molecule has 0 fully saturated rings. The number of benzene rings is 1. The summed E-state index contributed by atoms with van der Waals surface area (Å²) >= 11 is 0. The van der Waals surface area contributed by atoms with Gasteiger partial charge >= 0.3 is 5.97 Å². The van der Waals surface area contributed by atoms with Gasteiger partial charge < -0.3 is 5.11 Å². The van der Waals surface area contributed by atoms with Crippen LogP contribution in [0.25, 0.3) is 0 Å². The summed E-state index contributed by atoms with van der Waals surface area (Å²) in [6, 6.07) is 6.10. The van der Waals surface area contributed by atoms with E-state index in [1.165, 1.54) is 12.1 Å². The zero-order valence-corrected chi connectivity index (χ0v) is 10.8. The number of carboxylic acid groups (broad SMARTS) is 1. The summed E-state index contributed by atoms with van der Waals surface area (Å²) in [6.45, 7) is 6.01. The lowest BCUT2D eigenvalue weighted by Gasteiger charge is -2.21. The SMILES string of the molecule is CC(C)(C)c1ccc(C(F)(F)CCC(=O)O)cc1. The molecule has 0 unspecified atom stereocenters. The van der Waals surface area contributed by atoms with Crippen LogP contribution >= 0.6 is 0 Å². The Labute approximate surface area is 106 Å². The summed E-state index contributed by atoms with van der Waals surface area (Å²) in [7, 11) is 0. The van der Waals surface area contributed by atoms with Crippen molar-refractivity contribution in [3.8, 4) is 0 Å². The van der Waals surface area contributed by atoms with E-state index in [1.54, 1.807) is 12.1 Å². The summed E-state index contributed by atoms with van der Waals surface area (Å²) < 4.78 is 27.4. The van der Waals surface area contributed by atoms with E-state index in [-0.39, 0.29) is 11.0 Å². The maximum absolute atomic E-state index is 13.7. The van der Waals surface area contributed by atoms with Gasteiger partial charge in [-0.1, -0.05) is 45.0 Å². The number of carbonyl (C=O) groups is 1. The van der Waals surface area contributed by atoms with Gasteiger partial charge in [0, 0.05) is 12.0 Å². The fourth-order valence-corrected chi connectivity index (χ4v) is 1.62. The Morgan fingerprint density at radius 3 is 1.94 bits per heavy atom. The standard InChI is InChI=1S/C14H18F2O2/c1-13(2,3)10-4-6-11(7-5-10)14(15,16)9-8-12(17)18/h4-7H,8-9H2,1-3H3,(H,17,18). The Bertz CT molecular complexity index is 416. The molecule has 1 N–H and O–H groups in total. The van der Waals surface area contributed by atoms with E-state index in [4.69, 9.17) is 5.11 Å². The molecule has 0 amide bonds. The molecule has 4 heteroatoms. The number of alkyl halides is 2. The maximum Gasteiger partial charge on any atom is 0.303 e. The molecule has 0 radical (unpaired) electrons. The van der Waals surface area contributed by atoms with E-state index < -0.39 is 24.7 Å². The normalized spacial score (nSPS) is 12.5. The predicted molar refractivity (Wildman–Crippen MR) is 65.9 cm³/mol. The molecule has 0 aliphatic carbocycles. The first kappa shape index (κ1) is 14.6. The summed E-state index contributed by atoms with van der Waals surface area (Å²) in [5, 5.41) is 8.44. The number of rotatable bonds is 4. The molecular weight excluding hydrogens is 238 g/mol. The smallest absolute Gasteiger partial charge is 0.303 e. The molecule has 0 atom stereocenters. The van der Waals surface area contributed by atoms with Crippen molar-refractivity contribution in [1.29, 1.82) is 0 Å². The van der Waals surface area contributed by atoms with Gasteiger partial charge in [0.05, 0.1) is 6.42 Å². The van der Waals surface area contributed by atoms with Crippen LogP contribution in [-0.2, 0) is 16.1 Å². The lowest BCUT2D eigenvalue weighted by Crippen LogP contribution is -2.16. The summed E-state index contributed by atoms with van der Waals surface area (Å²) in [5.74, 6) is -4.30. The van der Waals surface area contributed by atoms with Crippen molar-refractivity contribution in [3.05, 3.63) is 35.4 Å². The van der Waals surface area contributed by atoms with E-state index in [0.717, 1.165) is 5.56 Å². The third kappa shape index (κ3) is 3.79. The Balaban J connectivity index is 2.87. The van der Waals surface area contributed by atoms with Crippen molar-refractivity contribution >= 4 is 5.97 Å². The topological polar surface area (TPSA) is 37.3 Å². The molecule has 2 nitrogen and oxygen atoms in total. The van der Waals surface area contributed by atoms with Gasteiger partial charge in [-0.25, -0.2) is 8.78 Å². The Hall–Kier alpha value is -1.45. The molecule has 0 aromatic heterocycles. The molecule has 100 valence electrons. The highest BCUT2D eigenvalue weighted by molar-refractivity contribution is 5.66. The molecular formula is C14H18F2O2. The number of aliphatic carboxylic acids is 1. The zero-order chi connectivity index (χ0) is 14.0. The average molecular weight is 256 g/mol. The van der Waals surface area contributed by atoms with Gasteiger partial charge in [0.1, 0.15) is 0 Å². The van der Waals surface area contributed by atoms with Crippen LogP contribution in [0.5, 0.6) is 0 Å². The van der Waals surface area contributed by atoms with Crippen molar-refractivity contribution in [1.82, 2.24) is 0 Å². The van der Waals surface area contributed by atoms with Gasteiger partial charge in [-0.05, 0) is 11.0 Å². The van der Waals surface area contributed by atoms with E-state index in [2.05, 4.69) is 0 Å². The number of hydrogen-bond acceptors (Lipinski definition) is 1. The second kappa shape index (κ2) is 5.04. The molecule has 0 spiro atoms. The van der Waals surface area contributed by atoms with Crippen molar-refractivity contribution in [2.75, 3.05) is 0 Å². The maximum atomic E-state index is 13.7. The summed E-state index contributed by atoms with van der Waals surface area (Å²) in [4.78, 5) is 10.3. The van der Waals surface area contributed by atoms with Crippen LogP contribution in [-0.4, -0.2) is 11.1 Å². The van der Waals surface area contributed by atoms with Gasteiger partial charge in [-0.15, -0.1) is 0 Å². The van der Waals surface area contributed by atoms with E-state index >= 15 is 0 Å².